The molecular formula is C18H21NO2. The van der Waals surface area contributed by atoms with E-state index in [1.807, 2.05) is 67.6 Å². The normalized spacial score (nSPS) is 13.4. The Balaban J connectivity index is 1.82. The summed E-state index contributed by atoms with van der Waals surface area (Å²) in [6, 6.07) is 19.7. The standard InChI is InChI=1S/C18H21NO2/c1-14(17-11-7-4-8-12-17)19-18(20)15(2)21-13-16-9-5-3-6-10-16/h3-12,14-15H,13H2,1-2H3,(H,19,20)/t14-,15-/m1/s1. The average molecular weight is 283 g/mol. The molecular weight excluding hydrogens is 262 g/mol. The number of carbonyl (C=O) groups excluding carboxylic acids is 1. The van der Waals surface area contributed by atoms with Crippen molar-refractivity contribution in [1.82, 2.24) is 5.32 Å². The first-order chi connectivity index (χ1) is 10.2. The highest BCUT2D eigenvalue weighted by atomic mass is 16.5. The van der Waals surface area contributed by atoms with Crippen LogP contribution in [0.2, 0.25) is 0 Å². The number of hydrogen-bond acceptors (Lipinski definition) is 2. The number of amides is 1. The van der Waals surface area contributed by atoms with E-state index in [4.69, 9.17) is 4.74 Å². The van der Waals surface area contributed by atoms with Crippen molar-refractivity contribution < 1.29 is 9.53 Å². The lowest BCUT2D eigenvalue weighted by Crippen LogP contribution is -2.36. The maximum absolute atomic E-state index is 12.1. The van der Waals surface area contributed by atoms with Crippen molar-refractivity contribution in [1.29, 1.82) is 0 Å². The average Bonchev–Trinajstić information content (AvgIpc) is 2.54. The predicted molar refractivity (Wildman–Crippen MR) is 83.7 cm³/mol. The van der Waals surface area contributed by atoms with Gasteiger partial charge in [0, 0.05) is 0 Å². The van der Waals surface area contributed by atoms with Gasteiger partial charge in [-0.05, 0) is 25.0 Å². The van der Waals surface area contributed by atoms with Crippen molar-refractivity contribution in [2.45, 2.75) is 32.6 Å². The largest absolute Gasteiger partial charge is 0.364 e. The van der Waals surface area contributed by atoms with Crippen LogP contribution in [-0.2, 0) is 16.1 Å². The van der Waals surface area contributed by atoms with Crippen LogP contribution in [0.15, 0.2) is 60.7 Å². The summed E-state index contributed by atoms with van der Waals surface area (Å²) in [7, 11) is 0. The molecule has 0 spiro atoms. The molecule has 2 atom stereocenters. The Morgan fingerprint density at radius 1 is 1.00 bits per heavy atom. The molecule has 0 saturated heterocycles. The van der Waals surface area contributed by atoms with Gasteiger partial charge in [0.15, 0.2) is 0 Å². The monoisotopic (exact) mass is 283 g/mol. The predicted octanol–water partition coefficient (Wildman–Crippen LogP) is 3.47. The van der Waals surface area contributed by atoms with Gasteiger partial charge in [0.1, 0.15) is 6.10 Å². The molecule has 0 aliphatic heterocycles. The minimum Gasteiger partial charge on any atom is -0.364 e. The molecule has 0 radical (unpaired) electrons. The zero-order valence-electron chi connectivity index (χ0n) is 12.5. The summed E-state index contributed by atoms with van der Waals surface area (Å²) < 4.78 is 5.61. The smallest absolute Gasteiger partial charge is 0.249 e. The second-order valence-corrected chi connectivity index (χ2v) is 5.08. The van der Waals surface area contributed by atoms with Crippen LogP contribution in [0.4, 0.5) is 0 Å². The third-order valence-electron chi connectivity index (χ3n) is 3.37. The van der Waals surface area contributed by atoms with Crippen LogP contribution in [0, 0.1) is 0 Å². The highest BCUT2D eigenvalue weighted by Gasteiger charge is 2.16. The molecule has 21 heavy (non-hydrogen) atoms. The summed E-state index contributed by atoms with van der Waals surface area (Å²) >= 11 is 0. The van der Waals surface area contributed by atoms with Crippen molar-refractivity contribution in [3.63, 3.8) is 0 Å². The number of nitrogens with one attached hydrogen (secondary N) is 1. The lowest BCUT2D eigenvalue weighted by Gasteiger charge is -2.18. The first-order valence-electron chi connectivity index (χ1n) is 7.17. The van der Waals surface area contributed by atoms with Crippen LogP contribution >= 0.6 is 0 Å². The molecule has 3 heteroatoms. The van der Waals surface area contributed by atoms with Crippen LogP contribution < -0.4 is 5.32 Å². The Labute approximate surface area is 126 Å². The SMILES string of the molecule is C[C@@H](OCc1ccccc1)C(=O)N[C@H](C)c1ccccc1. The van der Waals surface area contributed by atoms with Crippen LogP contribution in [0.1, 0.15) is 31.0 Å². The third kappa shape index (κ3) is 4.72. The molecule has 0 unspecified atom stereocenters. The van der Waals surface area contributed by atoms with Crippen molar-refractivity contribution >= 4 is 5.91 Å². The van der Waals surface area contributed by atoms with Crippen LogP contribution in [0.3, 0.4) is 0 Å². The van der Waals surface area contributed by atoms with Crippen molar-refractivity contribution in [2.24, 2.45) is 0 Å². The molecule has 0 heterocycles. The van der Waals surface area contributed by atoms with Gasteiger partial charge < -0.3 is 10.1 Å². The molecule has 2 aromatic rings. The highest BCUT2D eigenvalue weighted by Crippen LogP contribution is 2.12. The molecule has 0 fully saturated rings. The van der Waals surface area contributed by atoms with E-state index in [-0.39, 0.29) is 11.9 Å². The Hall–Kier alpha value is -2.13. The molecule has 110 valence electrons. The Morgan fingerprint density at radius 3 is 2.19 bits per heavy atom. The van der Waals surface area contributed by atoms with E-state index < -0.39 is 6.10 Å². The lowest BCUT2D eigenvalue weighted by atomic mass is 10.1. The van der Waals surface area contributed by atoms with E-state index in [1.165, 1.54) is 0 Å². The van der Waals surface area contributed by atoms with Gasteiger partial charge in [-0.1, -0.05) is 60.7 Å². The number of rotatable bonds is 6. The maximum atomic E-state index is 12.1. The number of carbonyl (C=O) groups is 1. The zero-order valence-corrected chi connectivity index (χ0v) is 12.5. The van der Waals surface area contributed by atoms with Gasteiger partial charge in [0.05, 0.1) is 12.6 Å². The van der Waals surface area contributed by atoms with Gasteiger partial charge in [0.2, 0.25) is 5.91 Å². The molecule has 0 aromatic heterocycles. The molecule has 2 aromatic carbocycles. The summed E-state index contributed by atoms with van der Waals surface area (Å²) in [5, 5.41) is 2.97. The Bertz CT molecular complexity index is 554. The van der Waals surface area contributed by atoms with Gasteiger partial charge in [0.25, 0.3) is 0 Å². The molecule has 3 nitrogen and oxygen atoms in total. The fourth-order valence-electron chi connectivity index (χ4n) is 2.03. The van der Waals surface area contributed by atoms with E-state index in [0.29, 0.717) is 6.61 Å². The molecule has 0 aliphatic carbocycles. The molecule has 1 N–H and O–H groups in total. The number of hydrogen-bond donors (Lipinski definition) is 1. The first-order valence-corrected chi connectivity index (χ1v) is 7.17. The Kier molecular flexibility index (Phi) is 5.52. The Morgan fingerprint density at radius 2 is 1.57 bits per heavy atom. The van der Waals surface area contributed by atoms with Crippen LogP contribution in [0.5, 0.6) is 0 Å². The highest BCUT2D eigenvalue weighted by molar-refractivity contribution is 5.80. The van der Waals surface area contributed by atoms with Gasteiger partial charge in [-0.3, -0.25) is 4.79 Å². The fraction of sp³-hybridized carbons (Fsp3) is 0.278. The quantitative estimate of drug-likeness (QED) is 0.881. The van der Waals surface area contributed by atoms with Gasteiger partial charge in [-0.15, -0.1) is 0 Å². The van der Waals surface area contributed by atoms with Crippen LogP contribution in [0.25, 0.3) is 0 Å². The molecule has 0 bridgehead atoms. The fourth-order valence-corrected chi connectivity index (χ4v) is 2.03. The van der Waals surface area contributed by atoms with E-state index in [2.05, 4.69) is 5.32 Å². The minimum atomic E-state index is -0.476. The summed E-state index contributed by atoms with van der Waals surface area (Å²) in [6.45, 7) is 4.18. The zero-order chi connectivity index (χ0) is 15.1. The molecule has 2 rings (SSSR count). The van der Waals surface area contributed by atoms with E-state index in [1.54, 1.807) is 6.92 Å². The van der Waals surface area contributed by atoms with Gasteiger partial charge in [-0.25, -0.2) is 0 Å². The summed E-state index contributed by atoms with van der Waals surface area (Å²) in [5.41, 5.74) is 2.15. The van der Waals surface area contributed by atoms with Crippen molar-refractivity contribution in [3.8, 4) is 0 Å². The van der Waals surface area contributed by atoms with Crippen LogP contribution in [-0.4, -0.2) is 12.0 Å². The molecule has 1 amide bonds. The summed E-state index contributed by atoms with van der Waals surface area (Å²) in [6.07, 6.45) is -0.476. The van der Waals surface area contributed by atoms with Crippen molar-refractivity contribution in [3.05, 3.63) is 71.8 Å². The summed E-state index contributed by atoms with van der Waals surface area (Å²) in [5.74, 6) is -0.0951. The van der Waals surface area contributed by atoms with Gasteiger partial charge in [-0.2, -0.15) is 0 Å². The second-order valence-electron chi connectivity index (χ2n) is 5.08. The third-order valence-corrected chi connectivity index (χ3v) is 3.37. The van der Waals surface area contributed by atoms with E-state index in [0.717, 1.165) is 11.1 Å². The van der Waals surface area contributed by atoms with Crippen molar-refractivity contribution in [2.75, 3.05) is 0 Å². The first kappa shape index (κ1) is 15.3. The minimum absolute atomic E-state index is 0.0264. The summed E-state index contributed by atoms with van der Waals surface area (Å²) in [4.78, 5) is 12.1. The van der Waals surface area contributed by atoms with E-state index in [9.17, 15) is 4.79 Å². The van der Waals surface area contributed by atoms with Gasteiger partial charge >= 0.3 is 0 Å². The van der Waals surface area contributed by atoms with E-state index >= 15 is 0 Å². The number of benzene rings is 2. The molecule has 0 aliphatic rings. The maximum Gasteiger partial charge on any atom is 0.249 e. The molecule has 0 saturated carbocycles. The lowest BCUT2D eigenvalue weighted by molar-refractivity contribution is -0.133. The topological polar surface area (TPSA) is 38.3 Å². The number of ether oxygens (including phenoxy) is 1. The second kappa shape index (κ2) is 7.60.